The van der Waals surface area contributed by atoms with Gasteiger partial charge in [0, 0.05) is 0 Å². The highest BCUT2D eigenvalue weighted by molar-refractivity contribution is 6.65. The van der Waals surface area contributed by atoms with Crippen LogP contribution in [-0.4, -0.2) is 18.5 Å². The Morgan fingerprint density at radius 2 is 2.20 bits per heavy atom. The lowest BCUT2D eigenvalue weighted by Crippen LogP contribution is -1.95. The molecule has 0 aromatic rings. The second-order valence-corrected chi connectivity index (χ2v) is 0.447. The summed E-state index contributed by atoms with van der Waals surface area (Å²) in [6, 6.07) is 0. The molecule has 2 nitrogen and oxygen atoms in total. The number of carbonyl (C=O) groups is 1. The Labute approximate surface area is 28.9 Å². The minimum atomic E-state index is -1.54. The van der Waals surface area contributed by atoms with Crippen LogP contribution < -0.4 is 0 Å². The van der Waals surface area contributed by atoms with Gasteiger partial charge in [-0.15, -0.1) is 0 Å². The Morgan fingerprint density at radius 1 is 2.00 bits per heavy atom. The number of halogens is 1. The van der Waals surface area contributed by atoms with E-state index in [-0.39, 0.29) is 0 Å². The van der Waals surface area contributed by atoms with Gasteiger partial charge in [0.25, 0.3) is 5.87 Å². The quantitative estimate of drug-likeness (QED) is 0.453. The van der Waals surface area contributed by atoms with Crippen LogP contribution in [0.2, 0.25) is 0 Å². The molecule has 1 radical (unpaired) electrons. The van der Waals surface area contributed by atoms with Crippen LogP contribution >= 0.6 is 0 Å². The minimum Gasteiger partial charge on any atom is -0.487 e. The Kier molecular flexibility index (Phi) is 1.57. The maximum absolute atomic E-state index is 10.4. The first-order chi connectivity index (χ1) is 2.27. The fourth-order valence-electron chi connectivity index (χ4n) is 0. The molecule has 0 aliphatic carbocycles. The van der Waals surface area contributed by atoms with Crippen LogP contribution in [-0.2, 0) is 0 Å². The molecule has 0 aliphatic rings. The van der Waals surface area contributed by atoms with E-state index in [9.17, 15) is 4.32 Å². The van der Waals surface area contributed by atoms with E-state index < -0.39 is 13.4 Å². The zero-order chi connectivity index (χ0) is 4.28. The van der Waals surface area contributed by atoms with Crippen LogP contribution in [0.1, 0.15) is 0 Å². The topological polar surface area (TPSA) is 37.3 Å². The standard InChI is InChI=1S/CHBFO2/c3-2-1(4)5/h(H,4,5). The molecule has 27 valence electrons. The van der Waals surface area contributed by atoms with Crippen molar-refractivity contribution < 1.29 is 14.2 Å². The molecule has 0 amide bonds. The van der Waals surface area contributed by atoms with E-state index in [0.717, 1.165) is 0 Å². The second kappa shape index (κ2) is 1.75. The highest BCUT2D eigenvalue weighted by Gasteiger charge is 1.93. The fraction of sp³-hybridized carbons (Fsp3) is 0. The summed E-state index contributed by atoms with van der Waals surface area (Å²) < 4.78 is 10.4. The lowest BCUT2D eigenvalue weighted by molar-refractivity contribution is 0.218. The largest absolute Gasteiger partial charge is 0.491 e. The highest BCUT2D eigenvalue weighted by atomic mass is 19.1. The maximum atomic E-state index is 10.4. The Balaban J connectivity index is 2.85. The molecule has 0 rings (SSSR count). The molecule has 0 atom stereocenters. The molecular formula is CHBFO2. The average Bonchev–Trinajstić information content (AvgIpc) is 1.38. The van der Waals surface area contributed by atoms with Crippen molar-refractivity contribution in [1.82, 2.24) is 0 Å². The summed E-state index contributed by atoms with van der Waals surface area (Å²) in [4.78, 5) is 8.94. The molecule has 0 heterocycles. The van der Waals surface area contributed by atoms with E-state index in [1.807, 2.05) is 0 Å². The third-order valence-corrected chi connectivity index (χ3v) is 0.0933. The van der Waals surface area contributed by atoms with E-state index in [0.29, 0.717) is 0 Å². The van der Waals surface area contributed by atoms with E-state index in [1.165, 1.54) is 0 Å². The van der Waals surface area contributed by atoms with Crippen LogP contribution in [0.3, 0.4) is 0 Å². The maximum Gasteiger partial charge on any atom is 0.491 e. The summed E-state index contributed by atoms with van der Waals surface area (Å²) in [5.41, 5.74) is 0. The van der Waals surface area contributed by atoms with Crippen LogP contribution in [0.5, 0.6) is 0 Å². The molecule has 0 aromatic carbocycles. The van der Waals surface area contributed by atoms with Gasteiger partial charge in [-0.05, 0) is 0 Å². The minimum absolute atomic E-state index is 0.417. The van der Waals surface area contributed by atoms with Gasteiger partial charge in [-0.2, -0.15) is 0 Å². The molecule has 1 N–H and O–H groups in total. The van der Waals surface area contributed by atoms with E-state index in [1.54, 1.807) is 0 Å². The van der Waals surface area contributed by atoms with E-state index >= 15 is 0 Å². The number of rotatable bonds is 1. The van der Waals surface area contributed by atoms with Crippen molar-refractivity contribution in [2.24, 2.45) is 0 Å². The van der Waals surface area contributed by atoms with Gasteiger partial charge in [-0.1, -0.05) is 0 Å². The molecular weight excluding hydrogens is 73.8 g/mol. The molecule has 0 aromatic heterocycles. The van der Waals surface area contributed by atoms with Gasteiger partial charge in [0.2, 0.25) is 0 Å². The molecule has 0 saturated heterocycles. The van der Waals surface area contributed by atoms with Crippen molar-refractivity contribution in [1.29, 1.82) is 0 Å². The monoisotopic (exact) mass is 75.0 g/mol. The van der Waals surface area contributed by atoms with Gasteiger partial charge in [-0.25, -0.2) is 0 Å². The van der Waals surface area contributed by atoms with Gasteiger partial charge in [0.05, 0.1) is 0 Å². The Bertz CT molecular complexity index is 44.9. The number of carboxylic acid groups (broad SMARTS) is 1. The summed E-state index contributed by atoms with van der Waals surface area (Å²) in [5.74, 6) is -1.54. The van der Waals surface area contributed by atoms with Gasteiger partial charge in [0.1, 0.15) is 0 Å². The van der Waals surface area contributed by atoms with Crippen molar-refractivity contribution in [3.05, 3.63) is 0 Å². The lowest BCUT2D eigenvalue weighted by atomic mass is 10.1. The first-order valence-electron chi connectivity index (χ1n) is 0.935. The van der Waals surface area contributed by atoms with E-state index in [4.69, 9.17) is 9.90 Å². The zero-order valence-electron chi connectivity index (χ0n) is 2.31. The van der Waals surface area contributed by atoms with Gasteiger partial charge in [0.15, 0.2) is 0 Å². The first-order valence-corrected chi connectivity index (χ1v) is 0.935. The smallest absolute Gasteiger partial charge is 0.487 e. The summed E-state index contributed by atoms with van der Waals surface area (Å²) in [7, 11) is -0.417. The van der Waals surface area contributed by atoms with Crippen LogP contribution in [0.25, 0.3) is 0 Å². The van der Waals surface area contributed by atoms with Crippen LogP contribution in [0, 0.1) is 0 Å². The van der Waals surface area contributed by atoms with Crippen molar-refractivity contribution in [3.8, 4) is 0 Å². The average molecular weight is 74.8 g/mol. The van der Waals surface area contributed by atoms with Crippen molar-refractivity contribution in [3.63, 3.8) is 0 Å². The third kappa shape index (κ3) is 3.46. The molecule has 5 heavy (non-hydrogen) atoms. The second-order valence-electron chi connectivity index (χ2n) is 0.447. The Morgan fingerprint density at radius 3 is 2.20 bits per heavy atom. The number of hydrogen-bond donors (Lipinski definition) is 1. The predicted molar refractivity (Wildman–Crippen MR) is 14.9 cm³/mol. The molecule has 4 heteroatoms. The van der Waals surface area contributed by atoms with E-state index in [2.05, 4.69) is 0 Å². The summed E-state index contributed by atoms with van der Waals surface area (Å²) in [6.07, 6.45) is 0. The molecule has 0 bridgehead atoms. The molecule has 0 aliphatic heterocycles. The summed E-state index contributed by atoms with van der Waals surface area (Å²) in [5, 5.41) is 7.29. The third-order valence-electron chi connectivity index (χ3n) is 0.0933. The van der Waals surface area contributed by atoms with Gasteiger partial charge < -0.3 is 9.42 Å². The summed E-state index contributed by atoms with van der Waals surface area (Å²) >= 11 is 0. The molecule has 0 unspecified atom stereocenters. The van der Waals surface area contributed by atoms with Crippen molar-refractivity contribution >= 4 is 13.4 Å². The summed E-state index contributed by atoms with van der Waals surface area (Å²) in [6.45, 7) is 0. The fourth-order valence-corrected chi connectivity index (χ4v) is 0. The number of hydrogen-bond acceptors (Lipinski definition) is 1. The van der Waals surface area contributed by atoms with Crippen LogP contribution in [0.4, 0.5) is 9.11 Å². The molecule has 0 spiro atoms. The Hall–Kier alpha value is -0.535. The predicted octanol–water partition coefficient (Wildman–Crippen LogP) is 0.253. The van der Waals surface area contributed by atoms with Gasteiger partial charge in [-0.3, -0.25) is 4.79 Å². The van der Waals surface area contributed by atoms with Crippen molar-refractivity contribution in [2.75, 3.05) is 0 Å². The SMILES string of the molecule is O=C(O)[B]F. The molecule has 0 saturated carbocycles. The lowest BCUT2D eigenvalue weighted by Gasteiger charge is -1.65. The first kappa shape index (κ1) is 4.46. The van der Waals surface area contributed by atoms with Gasteiger partial charge >= 0.3 is 7.56 Å². The zero-order valence-corrected chi connectivity index (χ0v) is 2.31. The van der Waals surface area contributed by atoms with Crippen LogP contribution in [0.15, 0.2) is 0 Å². The van der Waals surface area contributed by atoms with Crippen molar-refractivity contribution in [2.45, 2.75) is 0 Å². The molecule has 0 fully saturated rings. The normalized spacial score (nSPS) is 6.60. The highest BCUT2D eigenvalue weighted by Crippen LogP contribution is 1.60.